The van der Waals surface area contributed by atoms with Crippen molar-refractivity contribution >= 4 is 11.6 Å². The molecule has 140 valence electrons. The van der Waals surface area contributed by atoms with Crippen molar-refractivity contribution in [1.29, 1.82) is 0 Å². The number of benzene rings is 1. The van der Waals surface area contributed by atoms with Gasteiger partial charge in [0.2, 0.25) is 5.95 Å². The molecule has 2 aromatic heterocycles. The number of anilines is 2. The van der Waals surface area contributed by atoms with Crippen LogP contribution in [-0.4, -0.2) is 29.2 Å². The molecule has 0 saturated heterocycles. The normalized spacial score (nSPS) is 11.1. The van der Waals surface area contributed by atoms with E-state index in [9.17, 15) is 13.2 Å². The molecule has 1 aromatic carbocycles. The number of aromatic nitrogens is 3. The Labute approximate surface area is 153 Å². The molecule has 0 fully saturated rings. The summed E-state index contributed by atoms with van der Waals surface area (Å²) < 4.78 is 48.2. The molecule has 27 heavy (non-hydrogen) atoms. The molecule has 3 rings (SSSR count). The number of methoxy groups -OCH3 is 2. The van der Waals surface area contributed by atoms with E-state index >= 15 is 0 Å². The zero-order valence-corrected chi connectivity index (χ0v) is 14.4. The number of rotatable bonds is 5. The van der Waals surface area contributed by atoms with Gasteiger partial charge >= 0.3 is 6.18 Å². The minimum atomic E-state index is -4.48. The first-order chi connectivity index (χ1) is 12.9. The Hall–Kier alpha value is -3.36. The van der Waals surface area contributed by atoms with Crippen molar-refractivity contribution in [3.8, 4) is 22.8 Å². The fraction of sp³-hybridized carbons (Fsp3) is 0.167. The summed E-state index contributed by atoms with van der Waals surface area (Å²) in [4.78, 5) is 11.8. The summed E-state index contributed by atoms with van der Waals surface area (Å²) in [6.07, 6.45) is -1.86. The van der Waals surface area contributed by atoms with Gasteiger partial charge in [0.05, 0.1) is 31.8 Å². The molecule has 0 saturated carbocycles. The highest BCUT2D eigenvalue weighted by Crippen LogP contribution is 2.32. The predicted molar refractivity (Wildman–Crippen MR) is 93.1 cm³/mol. The van der Waals surface area contributed by atoms with Crippen molar-refractivity contribution in [3.63, 3.8) is 0 Å². The first-order valence-electron chi connectivity index (χ1n) is 7.76. The van der Waals surface area contributed by atoms with Gasteiger partial charge < -0.3 is 14.8 Å². The van der Waals surface area contributed by atoms with E-state index in [1.807, 2.05) is 6.07 Å². The van der Waals surface area contributed by atoms with Crippen LogP contribution >= 0.6 is 0 Å². The number of halogens is 3. The van der Waals surface area contributed by atoms with E-state index in [0.717, 1.165) is 17.8 Å². The second-order valence-corrected chi connectivity index (χ2v) is 5.39. The lowest BCUT2D eigenvalue weighted by Crippen LogP contribution is -2.07. The standard InChI is InChI=1S/C18H15F3N4O2/c1-26-14-5-3-11(9-15(14)27-2)13-7-8-22-17(25-13)24-12-4-6-16(23-10-12)18(19,20)21/h3-10H,1-2H3,(H,22,24,25). The van der Waals surface area contributed by atoms with Gasteiger partial charge in [-0.1, -0.05) is 0 Å². The third-order valence-corrected chi connectivity index (χ3v) is 3.64. The Bertz CT molecular complexity index is 931. The van der Waals surface area contributed by atoms with Crippen molar-refractivity contribution in [3.05, 3.63) is 54.5 Å². The van der Waals surface area contributed by atoms with Crippen molar-refractivity contribution in [2.75, 3.05) is 19.5 Å². The fourth-order valence-electron chi connectivity index (χ4n) is 2.34. The van der Waals surface area contributed by atoms with Crippen LogP contribution in [0.3, 0.4) is 0 Å². The highest BCUT2D eigenvalue weighted by molar-refractivity contribution is 5.65. The first-order valence-corrected chi connectivity index (χ1v) is 7.76. The summed E-state index contributed by atoms with van der Waals surface area (Å²) in [5.41, 5.74) is 0.748. The maximum atomic E-state index is 12.6. The molecule has 6 nitrogen and oxygen atoms in total. The summed E-state index contributed by atoms with van der Waals surface area (Å²) in [5, 5.41) is 2.84. The van der Waals surface area contributed by atoms with Gasteiger partial charge in [0.1, 0.15) is 5.69 Å². The third-order valence-electron chi connectivity index (χ3n) is 3.64. The Morgan fingerprint density at radius 1 is 0.926 bits per heavy atom. The van der Waals surface area contributed by atoms with Crippen molar-refractivity contribution < 1.29 is 22.6 Å². The average Bonchev–Trinajstić information content (AvgIpc) is 2.67. The maximum Gasteiger partial charge on any atom is 0.433 e. The number of nitrogens with zero attached hydrogens (tertiary/aromatic N) is 3. The Morgan fingerprint density at radius 3 is 2.33 bits per heavy atom. The molecule has 0 spiro atoms. The first kappa shape index (κ1) is 18.4. The summed E-state index contributed by atoms with van der Waals surface area (Å²) >= 11 is 0. The van der Waals surface area contributed by atoms with E-state index in [0.29, 0.717) is 22.9 Å². The van der Waals surface area contributed by atoms with Crippen LogP contribution in [0.5, 0.6) is 11.5 Å². The van der Waals surface area contributed by atoms with E-state index in [4.69, 9.17) is 9.47 Å². The molecular formula is C18H15F3N4O2. The second-order valence-electron chi connectivity index (χ2n) is 5.39. The van der Waals surface area contributed by atoms with E-state index in [1.165, 1.54) is 13.2 Å². The molecule has 0 aliphatic heterocycles. The zero-order valence-electron chi connectivity index (χ0n) is 14.4. The van der Waals surface area contributed by atoms with E-state index in [-0.39, 0.29) is 5.95 Å². The SMILES string of the molecule is COc1ccc(-c2ccnc(Nc3ccc(C(F)(F)F)nc3)n2)cc1OC. The largest absolute Gasteiger partial charge is 0.493 e. The van der Waals surface area contributed by atoms with Crippen LogP contribution in [0.2, 0.25) is 0 Å². The predicted octanol–water partition coefficient (Wildman–Crippen LogP) is 4.32. The zero-order chi connectivity index (χ0) is 19.4. The molecule has 0 atom stereocenters. The second kappa shape index (κ2) is 7.48. The number of ether oxygens (including phenoxy) is 2. The van der Waals surface area contributed by atoms with E-state index in [2.05, 4.69) is 20.3 Å². The molecule has 9 heteroatoms. The Kier molecular flexibility index (Phi) is 5.11. The van der Waals surface area contributed by atoms with Crippen LogP contribution < -0.4 is 14.8 Å². The lowest BCUT2D eigenvalue weighted by Gasteiger charge is -2.10. The molecule has 0 bridgehead atoms. The molecule has 0 aliphatic rings. The average molecular weight is 376 g/mol. The monoisotopic (exact) mass is 376 g/mol. The summed E-state index contributed by atoms with van der Waals surface area (Å²) in [6, 6.07) is 9.20. The van der Waals surface area contributed by atoms with Gasteiger partial charge in [-0.05, 0) is 36.4 Å². The van der Waals surface area contributed by atoms with Crippen LogP contribution in [0.25, 0.3) is 11.3 Å². The van der Waals surface area contributed by atoms with Crippen molar-refractivity contribution in [2.45, 2.75) is 6.18 Å². The van der Waals surface area contributed by atoms with Crippen LogP contribution in [0.1, 0.15) is 5.69 Å². The summed E-state index contributed by atoms with van der Waals surface area (Å²) in [7, 11) is 3.08. The molecular weight excluding hydrogens is 361 g/mol. The van der Waals surface area contributed by atoms with Gasteiger partial charge in [-0.3, -0.25) is 0 Å². The van der Waals surface area contributed by atoms with Gasteiger partial charge in [0.15, 0.2) is 11.5 Å². The molecule has 0 radical (unpaired) electrons. The van der Waals surface area contributed by atoms with E-state index in [1.54, 1.807) is 31.5 Å². The van der Waals surface area contributed by atoms with Crippen LogP contribution in [0.15, 0.2) is 48.8 Å². The van der Waals surface area contributed by atoms with Crippen LogP contribution in [-0.2, 0) is 6.18 Å². The molecule has 3 aromatic rings. The Balaban J connectivity index is 1.84. The van der Waals surface area contributed by atoms with Gasteiger partial charge in [0, 0.05) is 11.8 Å². The van der Waals surface area contributed by atoms with Gasteiger partial charge in [-0.2, -0.15) is 13.2 Å². The smallest absolute Gasteiger partial charge is 0.433 e. The molecule has 0 amide bonds. The van der Waals surface area contributed by atoms with Gasteiger partial charge in [0.25, 0.3) is 0 Å². The highest BCUT2D eigenvalue weighted by Gasteiger charge is 2.32. The molecule has 1 N–H and O–H groups in total. The number of hydrogen-bond acceptors (Lipinski definition) is 6. The minimum absolute atomic E-state index is 0.226. The molecule has 2 heterocycles. The molecule has 0 unspecified atom stereocenters. The third kappa shape index (κ3) is 4.25. The van der Waals surface area contributed by atoms with E-state index < -0.39 is 11.9 Å². The van der Waals surface area contributed by atoms with Gasteiger partial charge in [-0.15, -0.1) is 0 Å². The topological polar surface area (TPSA) is 69.2 Å². The van der Waals surface area contributed by atoms with Crippen molar-refractivity contribution in [1.82, 2.24) is 15.0 Å². The number of hydrogen-bond donors (Lipinski definition) is 1. The number of alkyl halides is 3. The number of nitrogens with one attached hydrogen (secondary N) is 1. The maximum absolute atomic E-state index is 12.6. The Morgan fingerprint density at radius 2 is 1.70 bits per heavy atom. The lowest BCUT2D eigenvalue weighted by atomic mass is 10.1. The van der Waals surface area contributed by atoms with Crippen LogP contribution in [0.4, 0.5) is 24.8 Å². The van der Waals surface area contributed by atoms with Gasteiger partial charge in [-0.25, -0.2) is 15.0 Å². The molecule has 0 aliphatic carbocycles. The lowest BCUT2D eigenvalue weighted by molar-refractivity contribution is -0.141. The summed E-state index contributed by atoms with van der Waals surface area (Å²) in [6.45, 7) is 0. The number of pyridine rings is 1. The van der Waals surface area contributed by atoms with Crippen molar-refractivity contribution in [2.24, 2.45) is 0 Å². The quantitative estimate of drug-likeness (QED) is 0.715. The summed E-state index contributed by atoms with van der Waals surface area (Å²) in [5.74, 6) is 1.36. The van der Waals surface area contributed by atoms with Crippen LogP contribution in [0, 0.1) is 0 Å². The highest BCUT2D eigenvalue weighted by atomic mass is 19.4. The minimum Gasteiger partial charge on any atom is -0.493 e. The fourth-order valence-corrected chi connectivity index (χ4v) is 2.34.